The van der Waals surface area contributed by atoms with E-state index in [1.807, 2.05) is 25.1 Å². The minimum absolute atomic E-state index is 0.0805. The van der Waals surface area contributed by atoms with Gasteiger partial charge in [0.15, 0.2) is 5.78 Å². The van der Waals surface area contributed by atoms with Gasteiger partial charge in [0.2, 0.25) is 0 Å². The molecule has 0 aliphatic carbocycles. The molecule has 0 aliphatic heterocycles. The van der Waals surface area contributed by atoms with Crippen LogP contribution in [0.15, 0.2) is 60.7 Å². The first-order valence-corrected chi connectivity index (χ1v) is 7.56. The van der Waals surface area contributed by atoms with Gasteiger partial charge in [-0.3, -0.25) is 14.3 Å². The van der Waals surface area contributed by atoms with Gasteiger partial charge >= 0.3 is 0 Å². The molecule has 2 aromatic carbocycles. The highest BCUT2D eigenvalue weighted by Gasteiger charge is 2.13. The lowest BCUT2D eigenvalue weighted by Crippen LogP contribution is -2.16. The second-order valence-electron chi connectivity index (χ2n) is 5.52. The molecule has 1 N–H and O–H groups in total. The lowest BCUT2D eigenvalue weighted by molar-refractivity contribution is 0.101. The predicted molar refractivity (Wildman–Crippen MR) is 92.2 cm³/mol. The van der Waals surface area contributed by atoms with Gasteiger partial charge in [-0.05, 0) is 25.1 Å². The Labute approximate surface area is 139 Å². The number of aryl methyl sites for hydroxylation is 2. The molecule has 0 fully saturated rings. The van der Waals surface area contributed by atoms with Gasteiger partial charge < -0.3 is 5.32 Å². The second kappa shape index (κ2) is 6.50. The smallest absolute Gasteiger partial charge is 0.273 e. The summed E-state index contributed by atoms with van der Waals surface area (Å²) >= 11 is 0. The summed E-state index contributed by atoms with van der Waals surface area (Å²) in [6.07, 6.45) is 0. The summed E-state index contributed by atoms with van der Waals surface area (Å²) in [5, 5.41) is 6.97. The number of rotatable bonds is 4. The van der Waals surface area contributed by atoms with Gasteiger partial charge in [-0.15, -0.1) is 0 Å². The molecule has 0 unspecified atom stereocenters. The van der Waals surface area contributed by atoms with Crippen molar-refractivity contribution in [3.05, 3.63) is 83.2 Å². The van der Waals surface area contributed by atoms with Crippen LogP contribution in [-0.2, 0) is 7.05 Å². The van der Waals surface area contributed by atoms with Crippen molar-refractivity contribution in [2.45, 2.75) is 6.92 Å². The maximum Gasteiger partial charge on any atom is 0.273 e. The number of benzene rings is 2. The van der Waals surface area contributed by atoms with E-state index in [4.69, 9.17) is 0 Å². The first-order valence-electron chi connectivity index (χ1n) is 7.56. The quantitative estimate of drug-likeness (QED) is 0.751. The highest BCUT2D eigenvalue weighted by Crippen LogP contribution is 2.16. The number of hydrogen-bond donors (Lipinski definition) is 1. The Morgan fingerprint density at radius 2 is 1.67 bits per heavy atom. The van der Waals surface area contributed by atoms with Crippen molar-refractivity contribution < 1.29 is 9.59 Å². The third kappa shape index (κ3) is 3.25. The standard InChI is InChI=1S/C19H17N3O2/c1-13-11-17(22(2)21-13)19(24)20-16-10-6-9-15(12-16)18(23)14-7-4-3-5-8-14/h3-12H,1-2H3,(H,20,24). The van der Waals surface area contributed by atoms with Crippen LogP contribution in [0.5, 0.6) is 0 Å². The fourth-order valence-electron chi connectivity index (χ4n) is 2.51. The number of carbonyl (C=O) groups excluding carboxylic acids is 2. The fourth-order valence-corrected chi connectivity index (χ4v) is 2.51. The predicted octanol–water partition coefficient (Wildman–Crippen LogP) is 3.21. The summed E-state index contributed by atoms with van der Waals surface area (Å²) < 4.78 is 1.53. The van der Waals surface area contributed by atoms with Crippen molar-refractivity contribution in [3.63, 3.8) is 0 Å². The molecule has 1 aromatic heterocycles. The van der Waals surface area contributed by atoms with Crippen LogP contribution in [0, 0.1) is 6.92 Å². The van der Waals surface area contributed by atoms with Crippen LogP contribution in [0.3, 0.4) is 0 Å². The monoisotopic (exact) mass is 319 g/mol. The van der Waals surface area contributed by atoms with Gasteiger partial charge in [-0.25, -0.2) is 0 Å². The number of anilines is 1. The summed E-state index contributed by atoms with van der Waals surface area (Å²) in [5.41, 5.74) is 2.95. The first kappa shape index (κ1) is 15.7. The molecular formula is C19H17N3O2. The molecule has 0 radical (unpaired) electrons. The van der Waals surface area contributed by atoms with Gasteiger partial charge in [0.25, 0.3) is 5.91 Å². The molecule has 120 valence electrons. The number of aromatic nitrogens is 2. The lowest BCUT2D eigenvalue weighted by Gasteiger charge is -2.07. The lowest BCUT2D eigenvalue weighted by atomic mass is 10.0. The maximum atomic E-state index is 12.5. The molecule has 5 nitrogen and oxygen atoms in total. The van der Waals surface area contributed by atoms with Crippen LogP contribution >= 0.6 is 0 Å². The number of amides is 1. The molecule has 3 aromatic rings. The van der Waals surface area contributed by atoms with E-state index >= 15 is 0 Å². The van der Waals surface area contributed by atoms with Crippen LogP contribution < -0.4 is 5.32 Å². The average molecular weight is 319 g/mol. The molecule has 0 aliphatic rings. The number of hydrogen-bond acceptors (Lipinski definition) is 3. The van der Waals surface area contributed by atoms with E-state index in [1.54, 1.807) is 49.5 Å². The van der Waals surface area contributed by atoms with Crippen molar-refractivity contribution in [3.8, 4) is 0 Å². The number of ketones is 1. The van der Waals surface area contributed by atoms with Crippen LogP contribution in [-0.4, -0.2) is 21.5 Å². The largest absolute Gasteiger partial charge is 0.321 e. The molecule has 0 bridgehead atoms. The Morgan fingerprint density at radius 1 is 0.958 bits per heavy atom. The van der Waals surface area contributed by atoms with Crippen LogP contribution in [0.25, 0.3) is 0 Å². The Balaban J connectivity index is 1.82. The van der Waals surface area contributed by atoms with E-state index < -0.39 is 0 Å². The van der Waals surface area contributed by atoms with Gasteiger partial charge in [0.05, 0.1) is 5.69 Å². The van der Waals surface area contributed by atoms with Crippen molar-refractivity contribution in [2.24, 2.45) is 7.05 Å². The van der Waals surface area contributed by atoms with Crippen molar-refractivity contribution in [1.82, 2.24) is 9.78 Å². The zero-order valence-corrected chi connectivity index (χ0v) is 13.5. The summed E-state index contributed by atoms with van der Waals surface area (Å²) in [6.45, 7) is 1.83. The SMILES string of the molecule is Cc1cc(C(=O)Nc2cccc(C(=O)c3ccccc3)c2)n(C)n1. The molecule has 1 amide bonds. The Hall–Kier alpha value is -3.21. The van der Waals surface area contributed by atoms with E-state index in [9.17, 15) is 9.59 Å². The molecule has 0 saturated carbocycles. The number of nitrogens with one attached hydrogen (secondary N) is 1. The van der Waals surface area contributed by atoms with Crippen LogP contribution in [0.1, 0.15) is 32.1 Å². The third-order valence-electron chi connectivity index (χ3n) is 3.65. The highest BCUT2D eigenvalue weighted by molar-refractivity contribution is 6.10. The van der Waals surface area contributed by atoms with E-state index in [0.717, 1.165) is 5.69 Å². The fraction of sp³-hybridized carbons (Fsp3) is 0.105. The van der Waals surface area contributed by atoms with E-state index in [1.165, 1.54) is 4.68 Å². The molecule has 0 spiro atoms. The van der Waals surface area contributed by atoms with Crippen molar-refractivity contribution in [2.75, 3.05) is 5.32 Å². The molecule has 24 heavy (non-hydrogen) atoms. The second-order valence-corrected chi connectivity index (χ2v) is 5.52. The Morgan fingerprint density at radius 3 is 2.33 bits per heavy atom. The summed E-state index contributed by atoms with van der Waals surface area (Å²) in [4.78, 5) is 24.8. The van der Waals surface area contributed by atoms with E-state index in [-0.39, 0.29) is 11.7 Å². The zero-order valence-electron chi connectivity index (χ0n) is 13.5. The average Bonchev–Trinajstić information content (AvgIpc) is 2.94. The van der Waals surface area contributed by atoms with Gasteiger partial charge in [-0.2, -0.15) is 5.10 Å². The number of nitrogens with zero attached hydrogens (tertiary/aromatic N) is 2. The normalized spacial score (nSPS) is 10.4. The van der Waals surface area contributed by atoms with Gasteiger partial charge in [0.1, 0.15) is 5.69 Å². The van der Waals surface area contributed by atoms with Gasteiger partial charge in [0, 0.05) is 23.9 Å². The van der Waals surface area contributed by atoms with E-state index in [0.29, 0.717) is 22.5 Å². The van der Waals surface area contributed by atoms with E-state index in [2.05, 4.69) is 10.4 Å². The molecule has 0 saturated heterocycles. The Bertz CT molecular complexity index is 898. The molecule has 3 rings (SSSR count). The van der Waals surface area contributed by atoms with Crippen LogP contribution in [0.2, 0.25) is 0 Å². The first-order chi connectivity index (χ1) is 11.5. The van der Waals surface area contributed by atoms with Crippen LogP contribution in [0.4, 0.5) is 5.69 Å². The number of carbonyl (C=O) groups is 2. The summed E-state index contributed by atoms with van der Waals surface area (Å²) in [6, 6.07) is 17.7. The van der Waals surface area contributed by atoms with Crippen molar-refractivity contribution in [1.29, 1.82) is 0 Å². The molecule has 5 heteroatoms. The summed E-state index contributed by atoms with van der Waals surface area (Å²) in [7, 11) is 1.72. The third-order valence-corrected chi connectivity index (χ3v) is 3.65. The minimum atomic E-state index is -0.262. The zero-order chi connectivity index (χ0) is 17.1. The highest BCUT2D eigenvalue weighted by atomic mass is 16.2. The molecule has 0 atom stereocenters. The maximum absolute atomic E-state index is 12.5. The Kier molecular flexibility index (Phi) is 4.24. The molecular weight excluding hydrogens is 302 g/mol. The summed E-state index contributed by atoms with van der Waals surface area (Å²) in [5.74, 6) is -0.342. The minimum Gasteiger partial charge on any atom is -0.321 e. The molecule has 1 heterocycles. The van der Waals surface area contributed by atoms with Gasteiger partial charge in [-0.1, -0.05) is 42.5 Å². The topological polar surface area (TPSA) is 64.0 Å². The van der Waals surface area contributed by atoms with Crippen molar-refractivity contribution >= 4 is 17.4 Å².